The Morgan fingerprint density at radius 1 is 0.905 bits per heavy atom. The van der Waals surface area contributed by atoms with Crippen LogP contribution in [-0.4, -0.2) is 56.3 Å². The van der Waals surface area contributed by atoms with E-state index in [1.165, 1.54) is 25.4 Å². The van der Waals surface area contributed by atoms with Crippen LogP contribution in [0.25, 0.3) is 11.0 Å². The van der Waals surface area contributed by atoms with Crippen LogP contribution < -0.4 is 15.4 Å². The van der Waals surface area contributed by atoms with Crippen molar-refractivity contribution in [1.82, 2.24) is 25.5 Å². The number of carboxylic acid groups (broad SMARTS) is 1. The quantitative estimate of drug-likeness (QED) is 0.259. The number of carbonyl (C=O) groups excluding carboxylic acids is 2. The summed E-state index contributed by atoms with van der Waals surface area (Å²) < 4.78 is 76.6. The maximum absolute atomic E-state index is 13.1. The predicted octanol–water partition coefficient (Wildman–Crippen LogP) is 5.13. The lowest BCUT2D eigenvalue weighted by atomic mass is 10.1. The number of pyridine rings is 1. The summed E-state index contributed by atoms with van der Waals surface area (Å²) in [4.78, 5) is 41.2. The fourth-order valence-corrected chi connectivity index (χ4v) is 3.31. The van der Waals surface area contributed by atoms with E-state index in [4.69, 9.17) is 26.2 Å². The van der Waals surface area contributed by atoms with E-state index in [1.807, 2.05) is 0 Å². The second-order valence-electron chi connectivity index (χ2n) is 7.77. The summed E-state index contributed by atoms with van der Waals surface area (Å²) in [5, 5.41) is 18.9. The number of carboxylic acids is 1. The van der Waals surface area contributed by atoms with E-state index in [1.54, 1.807) is 18.2 Å². The molecule has 0 saturated carbocycles. The zero-order valence-electron chi connectivity index (χ0n) is 20.7. The highest BCUT2D eigenvalue weighted by molar-refractivity contribution is 6.35. The number of nitrogens with one attached hydrogen (secondary N) is 2. The molecule has 2 aromatic heterocycles. The van der Waals surface area contributed by atoms with Gasteiger partial charge < -0.3 is 15.2 Å². The zero-order chi connectivity index (χ0) is 31.2. The van der Waals surface area contributed by atoms with Gasteiger partial charge in [0.25, 0.3) is 11.8 Å². The molecule has 18 heteroatoms. The smallest absolute Gasteiger partial charge is 0.475 e. The number of fused-ring (bicyclic) bond motifs is 1. The first kappa shape index (κ1) is 31.5. The molecule has 0 aliphatic heterocycles. The third kappa shape index (κ3) is 8.00. The Morgan fingerprint density at radius 2 is 1.57 bits per heavy atom. The molecule has 3 N–H and O–H groups in total. The van der Waals surface area contributed by atoms with Gasteiger partial charge in [0.15, 0.2) is 0 Å². The average molecular weight is 617 g/mol. The van der Waals surface area contributed by atoms with E-state index >= 15 is 0 Å². The van der Waals surface area contributed by atoms with Crippen LogP contribution in [0, 0.1) is 0 Å². The predicted molar refractivity (Wildman–Crippen MR) is 133 cm³/mol. The number of benzene rings is 2. The van der Waals surface area contributed by atoms with Crippen molar-refractivity contribution in [2.24, 2.45) is 0 Å². The van der Waals surface area contributed by atoms with Crippen molar-refractivity contribution in [3.63, 3.8) is 0 Å². The van der Waals surface area contributed by atoms with Crippen LogP contribution in [0.2, 0.25) is 5.02 Å². The molecule has 0 fully saturated rings. The van der Waals surface area contributed by atoms with Crippen LogP contribution in [0.4, 0.5) is 32.3 Å². The molecule has 220 valence electrons. The second kappa shape index (κ2) is 12.6. The lowest BCUT2D eigenvalue weighted by Crippen LogP contribution is -2.21. The number of aliphatic carboxylic acids is 1. The fourth-order valence-electron chi connectivity index (χ4n) is 2.99. The summed E-state index contributed by atoms with van der Waals surface area (Å²) in [6.07, 6.45) is -8.37. The molecule has 0 atom stereocenters. The number of halogens is 7. The van der Waals surface area contributed by atoms with E-state index in [2.05, 4.69) is 30.8 Å². The minimum atomic E-state index is -5.08. The Balaban J connectivity index is 0.000000616. The van der Waals surface area contributed by atoms with Crippen molar-refractivity contribution in [3.8, 4) is 11.5 Å². The summed E-state index contributed by atoms with van der Waals surface area (Å²) in [7, 11) is 1.48. The number of amides is 2. The number of hydrogen-bond acceptors (Lipinski definition) is 8. The van der Waals surface area contributed by atoms with Crippen molar-refractivity contribution < 1.29 is 50.6 Å². The van der Waals surface area contributed by atoms with Crippen LogP contribution in [0.3, 0.4) is 0 Å². The van der Waals surface area contributed by atoms with Crippen LogP contribution >= 0.6 is 11.6 Å². The zero-order valence-corrected chi connectivity index (χ0v) is 21.5. The van der Waals surface area contributed by atoms with Gasteiger partial charge in [0.05, 0.1) is 21.7 Å². The van der Waals surface area contributed by atoms with Gasteiger partial charge in [-0.1, -0.05) is 17.7 Å². The third-order valence-corrected chi connectivity index (χ3v) is 5.28. The van der Waals surface area contributed by atoms with E-state index in [0.717, 1.165) is 18.2 Å². The van der Waals surface area contributed by atoms with Gasteiger partial charge >= 0.3 is 18.3 Å². The normalized spacial score (nSPS) is 11.2. The van der Waals surface area contributed by atoms with Crippen molar-refractivity contribution in [2.75, 3.05) is 12.4 Å². The largest absolute Gasteiger partial charge is 0.490 e. The molecule has 0 saturated heterocycles. The van der Waals surface area contributed by atoms with Gasteiger partial charge in [-0.2, -0.15) is 26.3 Å². The van der Waals surface area contributed by atoms with Crippen LogP contribution in [-0.2, 0) is 11.0 Å². The van der Waals surface area contributed by atoms with Crippen molar-refractivity contribution in [3.05, 3.63) is 76.6 Å². The minimum absolute atomic E-state index is 0.175. The summed E-state index contributed by atoms with van der Waals surface area (Å²) in [6.45, 7) is 0. The molecule has 2 amide bonds. The van der Waals surface area contributed by atoms with E-state index in [0.29, 0.717) is 22.5 Å². The molecule has 0 radical (unpaired) electrons. The fraction of sp³-hybridized carbons (Fsp3) is 0.125. The highest BCUT2D eigenvalue weighted by atomic mass is 35.5. The molecule has 0 aliphatic carbocycles. The number of anilines is 1. The first-order chi connectivity index (χ1) is 19.6. The number of carbonyl (C=O) groups is 3. The van der Waals surface area contributed by atoms with Gasteiger partial charge in [-0.3, -0.25) is 19.9 Å². The van der Waals surface area contributed by atoms with E-state index in [-0.39, 0.29) is 23.1 Å². The topological polar surface area (TPSA) is 156 Å². The molecule has 42 heavy (non-hydrogen) atoms. The number of aromatic nitrogens is 4. The van der Waals surface area contributed by atoms with Crippen molar-refractivity contribution in [2.45, 2.75) is 12.4 Å². The third-order valence-electron chi connectivity index (χ3n) is 4.87. The SMILES string of the molecule is CNC(=O)c1cc(Oc2ccc3nc(NC(=O)c4cccc(C(F)(F)F)c4Cl)nnc3c2)ccn1.O=C(O)C(F)(F)F. The van der Waals surface area contributed by atoms with Gasteiger partial charge in [-0.15, -0.1) is 10.2 Å². The number of rotatable bonds is 5. The van der Waals surface area contributed by atoms with E-state index in [9.17, 15) is 35.9 Å². The lowest BCUT2D eigenvalue weighted by Gasteiger charge is -2.12. The van der Waals surface area contributed by atoms with Gasteiger partial charge in [0.1, 0.15) is 22.7 Å². The number of ether oxygens (including phenoxy) is 1. The Hall–Kier alpha value is -5.06. The summed E-state index contributed by atoms with van der Waals surface area (Å²) >= 11 is 5.79. The standard InChI is InChI=1S/C22H14ClF3N6O3.C2HF3O2/c1-27-20(34)17-10-12(7-8-28-17)35-11-5-6-15-16(9-11)31-32-21(29-15)30-19(33)13-3-2-4-14(18(13)23)22(24,25)26;3-2(4,5)1(6)7/h2-10H,1H3,(H,27,34)(H,29,30,32,33);(H,6,7). The van der Waals surface area contributed by atoms with Crippen LogP contribution in [0.15, 0.2) is 54.7 Å². The number of alkyl halides is 6. The Labute approximate surface area is 235 Å². The second-order valence-corrected chi connectivity index (χ2v) is 8.14. The van der Waals surface area contributed by atoms with E-state index < -0.39 is 34.8 Å². The molecule has 4 aromatic rings. The first-order valence-electron chi connectivity index (χ1n) is 11.1. The molecule has 11 nitrogen and oxygen atoms in total. The molecular formula is C24H15ClF6N6O5. The maximum Gasteiger partial charge on any atom is 0.490 e. The minimum Gasteiger partial charge on any atom is -0.475 e. The Morgan fingerprint density at radius 3 is 2.19 bits per heavy atom. The number of nitrogens with zero attached hydrogens (tertiary/aromatic N) is 4. The van der Waals surface area contributed by atoms with Crippen molar-refractivity contribution in [1.29, 1.82) is 0 Å². The lowest BCUT2D eigenvalue weighted by molar-refractivity contribution is -0.192. The molecule has 2 aromatic carbocycles. The van der Waals surface area contributed by atoms with Gasteiger partial charge in [0, 0.05) is 25.4 Å². The van der Waals surface area contributed by atoms with Crippen molar-refractivity contribution >= 4 is 46.4 Å². The molecule has 0 bridgehead atoms. The monoisotopic (exact) mass is 616 g/mol. The highest BCUT2D eigenvalue weighted by Gasteiger charge is 2.38. The molecule has 0 spiro atoms. The van der Waals surface area contributed by atoms with Gasteiger partial charge in [-0.05, 0) is 30.3 Å². The summed E-state index contributed by atoms with van der Waals surface area (Å²) in [5.74, 6) is -3.55. The first-order valence-corrected chi connectivity index (χ1v) is 11.5. The maximum atomic E-state index is 13.1. The Bertz CT molecular complexity index is 1650. The molecule has 0 unspecified atom stereocenters. The highest BCUT2D eigenvalue weighted by Crippen LogP contribution is 2.36. The molecule has 2 heterocycles. The summed E-state index contributed by atoms with van der Waals surface area (Å²) in [5.41, 5.74) is -0.693. The number of hydrogen-bond donors (Lipinski definition) is 3. The average Bonchev–Trinajstić information content (AvgIpc) is 2.92. The van der Waals surface area contributed by atoms with Gasteiger partial charge in [-0.25, -0.2) is 9.78 Å². The molecule has 4 rings (SSSR count). The molecular weight excluding hydrogens is 602 g/mol. The van der Waals surface area contributed by atoms with Crippen LogP contribution in [0.5, 0.6) is 11.5 Å². The molecule has 0 aliphatic rings. The van der Waals surface area contributed by atoms with Crippen LogP contribution in [0.1, 0.15) is 26.4 Å². The summed E-state index contributed by atoms with van der Waals surface area (Å²) in [6, 6.07) is 10.7. The van der Waals surface area contributed by atoms with Gasteiger partial charge in [0.2, 0.25) is 5.95 Å². The Kier molecular flexibility index (Phi) is 9.46.